The Morgan fingerprint density at radius 2 is 1.80 bits per heavy atom. The molecular formula is C32H40O3. The second-order valence-corrected chi connectivity index (χ2v) is 12.8. The Morgan fingerprint density at radius 3 is 2.63 bits per heavy atom. The maximum atomic E-state index is 14.1. The van der Waals surface area contributed by atoms with Crippen molar-refractivity contribution in [3.05, 3.63) is 48.0 Å². The maximum absolute atomic E-state index is 14.1. The fraction of sp³-hybridized carbons (Fsp3) is 0.625. The summed E-state index contributed by atoms with van der Waals surface area (Å²) in [5.41, 5.74) is 0.694. The molecule has 4 saturated carbocycles. The second-order valence-electron chi connectivity index (χ2n) is 12.8. The van der Waals surface area contributed by atoms with Crippen LogP contribution in [0.25, 0.3) is 10.8 Å². The van der Waals surface area contributed by atoms with Gasteiger partial charge in [0.1, 0.15) is 11.9 Å². The van der Waals surface area contributed by atoms with Gasteiger partial charge < -0.3 is 4.74 Å². The average molecular weight is 473 g/mol. The lowest BCUT2D eigenvalue weighted by molar-refractivity contribution is -0.207. The summed E-state index contributed by atoms with van der Waals surface area (Å²) < 4.78 is 6.60. The Kier molecular flexibility index (Phi) is 5.62. The Hall–Kier alpha value is -2.16. The highest BCUT2D eigenvalue weighted by molar-refractivity contribution is 5.93. The van der Waals surface area contributed by atoms with Crippen LogP contribution in [-0.2, 0) is 19.7 Å². The smallest absolute Gasteiger partial charge is 0.313 e. The molecule has 3 nitrogen and oxygen atoms in total. The van der Waals surface area contributed by atoms with Crippen LogP contribution in [0.5, 0.6) is 0 Å². The van der Waals surface area contributed by atoms with Crippen LogP contribution in [0, 0.1) is 35.0 Å². The van der Waals surface area contributed by atoms with E-state index in [1.165, 1.54) is 22.8 Å². The molecule has 0 aliphatic heterocycles. The molecule has 0 spiro atoms. The summed E-state index contributed by atoms with van der Waals surface area (Å²) in [7, 11) is 0. The third-order valence-corrected chi connectivity index (χ3v) is 10.7. The minimum Gasteiger partial charge on any atom is -0.462 e. The van der Waals surface area contributed by atoms with Gasteiger partial charge in [0, 0.05) is 18.3 Å². The maximum Gasteiger partial charge on any atom is 0.313 e. The van der Waals surface area contributed by atoms with Gasteiger partial charge in [0.15, 0.2) is 0 Å². The van der Waals surface area contributed by atoms with Crippen LogP contribution in [0.1, 0.15) is 84.1 Å². The van der Waals surface area contributed by atoms with E-state index in [0.717, 1.165) is 44.9 Å². The fourth-order valence-corrected chi connectivity index (χ4v) is 8.82. The van der Waals surface area contributed by atoms with E-state index in [0.29, 0.717) is 30.0 Å². The van der Waals surface area contributed by atoms with E-state index in [4.69, 9.17) is 4.74 Å². The van der Waals surface area contributed by atoms with Crippen LogP contribution in [0.4, 0.5) is 0 Å². The lowest BCUT2D eigenvalue weighted by Crippen LogP contribution is -2.64. The Balaban J connectivity index is 1.29. The standard InChI is InChI=1S/C32H40O3/c1-20-13-16-26(31(2,3)23-15-14-21-8-4-5-9-22(21)19-23)28(18-20)35-30(34)32-17-7-12-27(33)29(32)24-10-6-11-25(24)32/h4-5,8-9,14-15,19-20,24-26,28-29H,6-7,10-13,16-18H2,1-3H3/t20-,24-,25+,26-,28-,29+,32-/m1/s1. The molecule has 0 N–H and O–H groups in total. The zero-order chi connectivity index (χ0) is 24.4. The number of hydrogen-bond donors (Lipinski definition) is 0. The van der Waals surface area contributed by atoms with Crippen molar-refractivity contribution in [2.24, 2.45) is 35.0 Å². The topological polar surface area (TPSA) is 43.4 Å². The molecule has 6 rings (SSSR count). The molecule has 2 aromatic carbocycles. The number of Topliss-reactive ketones (excluding diaryl/α,β-unsaturated/α-hetero) is 1. The predicted molar refractivity (Wildman–Crippen MR) is 139 cm³/mol. The third kappa shape index (κ3) is 3.51. The van der Waals surface area contributed by atoms with Gasteiger partial charge in [-0.2, -0.15) is 0 Å². The van der Waals surface area contributed by atoms with Gasteiger partial charge in [-0.3, -0.25) is 9.59 Å². The largest absolute Gasteiger partial charge is 0.462 e. The highest BCUT2D eigenvalue weighted by atomic mass is 16.5. The molecule has 35 heavy (non-hydrogen) atoms. The first kappa shape index (κ1) is 23.3. The van der Waals surface area contributed by atoms with E-state index in [1.54, 1.807) is 0 Å². The van der Waals surface area contributed by atoms with Crippen molar-refractivity contribution in [1.29, 1.82) is 0 Å². The summed E-state index contributed by atoms with van der Waals surface area (Å²) in [5, 5.41) is 2.52. The van der Waals surface area contributed by atoms with Crippen molar-refractivity contribution in [2.45, 2.75) is 90.1 Å². The van der Waals surface area contributed by atoms with E-state index in [9.17, 15) is 9.59 Å². The first-order chi connectivity index (χ1) is 16.8. The Morgan fingerprint density at radius 1 is 1.00 bits per heavy atom. The molecule has 3 heteroatoms. The molecule has 0 unspecified atom stereocenters. The van der Waals surface area contributed by atoms with Gasteiger partial charge in [0.2, 0.25) is 0 Å². The highest BCUT2D eigenvalue weighted by Gasteiger charge is 2.70. The van der Waals surface area contributed by atoms with Crippen molar-refractivity contribution in [1.82, 2.24) is 0 Å². The summed E-state index contributed by atoms with van der Waals surface area (Å²) >= 11 is 0. The van der Waals surface area contributed by atoms with Gasteiger partial charge in [-0.1, -0.05) is 76.1 Å². The van der Waals surface area contributed by atoms with Crippen molar-refractivity contribution in [3.8, 4) is 0 Å². The minimum atomic E-state index is -0.519. The quantitative estimate of drug-likeness (QED) is 0.440. The lowest BCUT2D eigenvalue weighted by Gasteiger charge is -2.59. The van der Waals surface area contributed by atoms with E-state index in [2.05, 4.69) is 63.2 Å². The van der Waals surface area contributed by atoms with Crippen LogP contribution >= 0.6 is 0 Å². The molecule has 4 fully saturated rings. The molecule has 0 heterocycles. The number of carbonyl (C=O) groups is 2. The van der Waals surface area contributed by atoms with Crippen LogP contribution < -0.4 is 0 Å². The van der Waals surface area contributed by atoms with Crippen LogP contribution in [0.15, 0.2) is 42.5 Å². The molecule has 0 amide bonds. The SMILES string of the molecule is C[C@@H]1CC[C@@H](C(C)(C)c2ccc3ccccc3c2)[C@H](OC(=O)[C@@]23CCCC(=O)[C@@H]2[C@@H]2CCC[C@@H]23)C1. The number of carbonyl (C=O) groups excluding carboxylic acids is 2. The summed E-state index contributed by atoms with van der Waals surface area (Å²) in [6, 6.07) is 15.4. The number of benzene rings is 2. The predicted octanol–water partition coefficient (Wildman–Crippen LogP) is 7.25. The van der Waals surface area contributed by atoms with E-state index < -0.39 is 5.41 Å². The lowest BCUT2D eigenvalue weighted by atomic mass is 9.43. The van der Waals surface area contributed by atoms with Gasteiger partial charge in [-0.25, -0.2) is 0 Å². The van der Waals surface area contributed by atoms with Gasteiger partial charge in [-0.05, 0) is 78.0 Å². The summed E-state index contributed by atoms with van der Waals surface area (Å²) in [6.45, 7) is 6.96. The molecule has 4 aliphatic carbocycles. The fourth-order valence-electron chi connectivity index (χ4n) is 8.82. The van der Waals surface area contributed by atoms with Gasteiger partial charge in [0.05, 0.1) is 5.41 Å². The second kappa shape index (κ2) is 8.46. The molecule has 7 atom stereocenters. The van der Waals surface area contributed by atoms with Crippen LogP contribution in [0.3, 0.4) is 0 Å². The molecule has 4 aliphatic rings. The van der Waals surface area contributed by atoms with E-state index in [-0.39, 0.29) is 29.3 Å². The van der Waals surface area contributed by atoms with Crippen molar-refractivity contribution < 1.29 is 14.3 Å². The van der Waals surface area contributed by atoms with Gasteiger partial charge >= 0.3 is 5.97 Å². The number of esters is 1. The zero-order valence-corrected chi connectivity index (χ0v) is 21.6. The Labute approximate surface area is 210 Å². The number of fused-ring (bicyclic) bond motifs is 5. The van der Waals surface area contributed by atoms with E-state index in [1.807, 2.05) is 0 Å². The number of ketones is 1. The molecule has 186 valence electrons. The molecule has 0 radical (unpaired) electrons. The van der Waals surface area contributed by atoms with Crippen LogP contribution in [0.2, 0.25) is 0 Å². The first-order valence-corrected chi connectivity index (χ1v) is 14.1. The minimum absolute atomic E-state index is 0.0305. The van der Waals surface area contributed by atoms with Crippen molar-refractivity contribution in [2.75, 3.05) is 0 Å². The summed E-state index contributed by atoms with van der Waals surface area (Å²) in [4.78, 5) is 27.0. The molecular weight excluding hydrogens is 432 g/mol. The summed E-state index contributed by atoms with van der Waals surface area (Å²) in [5.74, 6) is 1.88. The molecule has 0 saturated heterocycles. The van der Waals surface area contributed by atoms with Crippen LogP contribution in [-0.4, -0.2) is 17.9 Å². The van der Waals surface area contributed by atoms with Crippen molar-refractivity contribution >= 4 is 22.5 Å². The Bertz CT molecular complexity index is 1150. The highest BCUT2D eigenvalue weighted by Crippen LogP contribution is 2.68. The summed E-state index contributed by atoms with van der Waals surface area (Å²) in [6.07, 6.45) is 8.81. The van der Waals surface area contributed by atoms with Crippen molar-refractivity contribution in [3.63, 3.8) is 0 Å². The normalized spacial score (nSPS) is 36.8. The number of ether oxygens (including phenoxy) is 1. The molecule has 2 aromatic rings. The first-order valence-electron chi connectivity index (χ1n) is 14.1. The average Bonchev–Trinajstić information content (AvgIpc) is 3.26. The zero-order valence-electron chi connectivity index (χ0n) is 21.6. The third-order valence-electron chi connectivity index (χ3n) is 10.7. The van der Waals surface area contributed by atoms with E-state index >= 15 is 0 Å². The van der Waals surface area contributed by atoms with Gasteiger partial charge in [-0.15, -0.1) is 0 Å². The number of rotatable bonds is 4. The molecule has 0 aromatic heterocycles. The monoisotopic (exact) mass is 472 g/mol. The molecule has 0 bridgehead atoms. The number of hydrogen-bond acceptors (Lipinski definition) is 3. The van der Waals surface area contributed by atoms with Gasteiger partial charge in [0.25, 0.3) is 0 Å².